The second-order valence-electron chi connectivity index (χ2n) is 8.29. The lowest BCUT2D eigenvalue weighted by Gasteiger charge is -2.31. The first-order valence-corrected chi connectivity index (χ1v) is 11.8. The van der Waals surface area contributed by atoms with Gasteiger partial charge in [0.25, 0.3) is 0 Å². The van der Waals surface area contributed by atoms with E-state index in [2.05, 4.69) is 19.2 Å². The molecule has 2 aromatic rings. The van der Waals surface area contributed by atoms with E-state index in [0.717, 1.165) is 11.3 Å². The zero-order valence-electron chi connectivity index (χ0n) is 19.4. The van der Waals surface area contributed by atoms with Crippen LogP contribution in [0.15, 0.2) is 54.6 Å². The number of halogens is 1. The van der Waals surface area contributed by atoms with E-state index in [-0.39, 0.29) is 11.8 Å². The summed E-state index contributed by atoms with van der Waals surface area (Å²) >= 11 is 5.89. The van der Waals surface area contributed by atoms with Gasteiger partial charge in [-0.15, -0.1) is 0 Å². The second kappa shape index (κ2) is 13.8. The van der Waals surface area contributed by atoms with Crippen LogP contribution in [0.5, 0.6) is 5.75 Å². The molecule has 1 atom stereocenters. The first-order chi connectivity index (χ1) is 15.4. The van der Waals surface area contributed by atoms with Crippen molar-refractivity contribution in [3.63, 3.8) is 0 Å². The van der Waals surface area contributed by atoms with Gasteiger partial charge in [0, 0.05) is 24.5 Å². The van der Waals surface area contributed by atoms with Gasteiger partial charge in [0.2, 0.25) is 11.8 Å². The van der Waals surface area contributed by atoms with E-state index in [1.165, 1.54) is 0 Å². The molecule has 0 saturated carbocycles. The number of carbonyl (C=O) groups is 2. The molecular weight excluding hydrogens is 424 g/mol. The largest absolute Gasteiger partial charge is 0.494 e. The fourth-order valence-electron chi connectivity index (χ4n) is 3.41. The quantitative estimate of drug-likeness (QED) is 0.424. The lowest BCUT2D eigenvalue weighted by Crippen LogP contribution is -2.50. The molecule has 5 nitrogen and oxygen atoms in total. The number of nitrogens with one attached hydrogen (secondary N) is 1. The Kier molecular flexibility index (Phi) is 11.1. The molecule has 0 bridgehead atoms. The maximum atomic E-state index is 13.1. The molecule has 0 fully saturated rings. The summed E-state index contributed by atoms with van der Waals surface area (Å²) in [7, 11) is 0. The van der Waals surface area contributed by atoms with Crippen LogP contribution in [0.3, 0.4) is 0 Å². The van der Waals surface area contributed by atoms with Crippen LogP contribution in [0, 0.1) is 5.92 Å². The Morgan fingerprint density at radius 1 is 1.06 bits per heavy atom. The smallest absolute Gasteiger partial charge is 0.242 e. The standard InChI is InChI=1S/C26H35ClN2O3/c1-4-24(26(31)28-19-20(2)3)29(17-16-21-9-6-5-7-10-21)25(30)11-8-18-32-23-14-12-22(27)13-15-23/h5-7,9-10,12-15,20,24H,4,8,11,16-19H2,1-3H3,(H,28,31)/t24-/m0/s1. The number of benzene rings is 2. The van der Waals surface area contributed by atoms with Crippen LogP contribution in [-0.2, 0) is 16.0 Å². The summed E-state index contributed by atoms with van der Waals surface area (Å²) in [5, 5.41) is 3.65. The molecule has 0 aromatic heterocycles. The molecule has 0 aliphatic rings. The highest BCUT2D eigenvalue weighted by Crippen LogP contribution is 2.16. The van der Waals surface area contributed by atoms with E-state index in [1.807, 2.05) is 49.4 Å². The number of nitrogens with zero attached hydrogens (tertiary/aromatic N) is 1. The molecule has 0 unspecified atom stereocenters. The highest BCUT2D eigenvalue weighted by molar-refractivity contribution is 6.30. The molecule has 0 heterocycles. The lowest BCUT2D eigenvalue weighted by atomic mass is 10.1. The number of hydrogen-bond donors (Lipinski definition) is 1. The Hall–Kier alpha value is -2.53. The van der Waals surface area contributed by atoms with Gasteiger partial charge in [-0.1, -0.05) is 62.7 Å². The summed E-state index contributed by atoms with van der Waals surface area (Å²) in [5.74, 6) is 0.976. The van der Waals surface area contributed by atoms with E-state index in [9.17, 15) is 9.59 Å². The summed E-state index contributed by atoms with van der Waals surface area (Å²) in [6, 6.07) is 16.7. The Morgan fingerprint density at radius 2 is 1.75 bits per heavy atom. The van der Waals surface area contributed by atoms with Gasteiger partial charge in [0.1, 0.15) is 11.8 Å². The van der Waals surface area contributed by atoms with Gasteiger partial charge in [0.15, 0.2) is 0 Å². The third-order valence-corrected chi connectivity index (χ3v) is 5.42. The topological polar surface area (TPSA) is 58.6 Å². The monoisotopic (exact) mass is 458 g/mol. The van der Waals surface area contributed by atoms with Crippen molar-refractivity contribution in [2.45, 2.75) is 52.5 Å². The molecule has 2 amide bonds. The van der Waals surface area contributed by atoms with Crippen molar-refractivity contribution in [2.24, 2.45) is 5.92 Å². The van der Waals surface area contributed by atoms with Crippen molar-refractivity contribution in [1.82, 2.24) is 10.2 Å². The summed E-state index contributed by atoms with van der Waals surface area (Å²) in [6.45, 7) is 7.60. The van der Waals surface area contributed by atoms with Crippen LogP contribution in [0.1, 0.15) is 45.6 Å². The molecule has 0 aliphatic heterocycles. The van der Waals surface area contributed by atoms with Gasteiger partial charge in [-0.3, -0.25) is 9.59 Å². The maximum Gasteiger partial charge on any atom is 0.242 e. The Bertz CT molecular complexity index is 825. The highest BCUT2D eigenvalue weighted by atomic mass is 35.5. The fourth-order valence-corrected chi connectivity index (χ4v) is 3.53. The van der Waals surface area contributed by atoms with Crippen LogP contribution < -0.4 is 10.1 Å². The first-order valence-electron chi connectivity index (χ1n) is 11.4. The maximum absolute atomic E-state index is 13.1. The molecule has 0 aliphatic carbocycles. The van der Waals surface area contributed by atoms with Crippen molar-refractivity contribution in [3.05, 3.63) is 65.2 Å². The average Bonchev–Trinajstić information content (AvgIpc) is 2.79. The van der Waals surface area contributed by atoms with Crippen LogP contribution in [-0.4, -0.2) is 42.5 Å². The van der Waals surface area contributed by atoms with Crippen LogP contribution >= 0.6 is 11.6 Å². The van der Waals surface area contributed by atoms with Gasteiger partial charge in [-0.25, -0.2) is 0 Å². The number of carbonyl (C=O) groups excluding carboxylic acids is 2. The zero-order valence-corrected chi connectivity index (χ0v) is 20.1. The van der Waals surface area contributed by atoms with Crippen molar-refractivity contribution in [1.29, 1.82) is 0 Å². The molecular formula is C26H35ClN2O3. The second-order valence-corrected chi connectivity index (χ2v) is 8.73. The van der Waals surface area contributed by atoms with Crippen LogP contribution in [0.4, 0.5) is 0 Å². The third kappa shape index (κ3) is 8.91. The van der Waals surface area contributed by atoms with E-state index >= 15 is 0 Å². The van der Waals surface area contributed by atoms with E-state index < -0.39 is 6.04 Å². The van der Waals surface area contributed by atoms with Gasteiger partial charge >= 0.3 is 0 Å². The fraction of sp³-hybridized carbons (Fsp3) is 0.462. The predicted molar refractivity (Wildman–Crippen MR) is 130 cm³/mol. The Labute approximate surface area is 197 Å². The summed E-state index contributed by atoms with van der Waals surface area (Å²) in [6.07, 6.45) is 2.19. The third-order valence-electron chi connectivity index (χ3n) is 5.17. The molecule has 0 saturated heterocycles. The molecule has 2 rings (SSSR count). The molecule has 0 radical (unpaired) electrons. The first kappa shape index (κ1) is 25.7. The average molecular weight is 459 g/mol. The van der Waals surface area contributed by atoms with Gasteiger partial charge in [-0.2, -0.15) is 0 Å². The SMILES string of the molecule is CC[C@@H](C(=O)NCC(C)C)N(CCc1ccccc1)C(=O)CCCOc1ccc(Cl)cc1. The van der Waals surface area contributed by atoms with Crippen molar-refractivity contribution >= 4 is 23.4 Å². The van der Waals surface area contributed by atoms with Gasteiger partial charge < -0.3 is 15.0 Å². The van der Waals surface area contributed by atoms with E-state index in [4.69, 9.17) is 16.3 Å². The highest BCUT2D eigenvalue weighted by Gasteiger charge is 2.27. The Balaban J connectivity index is 1.98. The summed E-state index contributed by atoms with van der Waals surface area (Å²) < 4.78 is 5.71. The normalized spacial score (nSPS) is 11.8. The van der Waals surface area contributed by atoms with Crippen molar-refractivity contribution in [3.8, 4) is 5.75 Å². The zero-order chi connectivity index (χ0) is 23.3. The van der Waals surface area contributed by atoms with Crippen molar-refractivity contribution < 1.29 is 14.3 Å². The molecule has 0 spiro atoms. The number of rotatable bonds is 13. The van der Waals surface area contributed by atoms with Gasteiger partial charge in [-0.05, 0) is 55.0 Å². The number of hydrogen-bond acceptors (Lipinski definition) is 3. The molecule has 2 aromatic carbocycles. The van der Waals surface area contributed by atoms with Crippen LogP contribution in [0.25, 0.3) is 0 Å². The molecule has 174 valence electrons. The van der Waals surface area contributed by atoms with Crippen molar-refractivity contribution in [2.75, 3.05) is 19.7 Å². The predicted octanol–water partition coefficient (Wildman–Crippen LogP) is 5.12. The summed E-state index contributed by atoms with van der Waals surface area (Å²) in [4.78, 5) is 27.7. The minimum Gasteiger partial charge on any atom is -0.494 e. The summed E-state index contributed by atoms with van der Waals surface area (Å²) in [5.41, 5.74) is 1.15. The molecule has 32 heavy (non-hydrogen) atoms. The minimum atomic E-state index is -0.470. The lowest BCUT2D eigenvalue weighted by molar-refractivity contribution is -0.140. The van der Waals surface area contributed by atoms with Gasteiger partial charge in [0.05, 0.1) is 6.61 Å². The van der Waals surface area contributed by atoms with E-state index in [1.54, 1.807) is 17.0 Å². The van der Waals surface area contributed by atoms with E-state index in [0.29, 0.717) is 56.3 Å². The Morgan fingerprint density at radius 3 is 2.38 bits per heavy atom. The molecule has 1 N–H and O–H groups in total. The molecule has 6 heteroatoms. The number of amides is 2. The number of ether oxygens (including phenoxy) is 1. The minimum absolute atomic E-state index is 0.0211. The van der Waals surface area contributed by atoms with Crippen LogP contribution in [0.2, 0.25) is 5.02 Å².